The van der Waals surface area contributed by atoms with Crippen LogP contribution in [0.2, 0.25) is 0 Å². The Morgan fingerprint density at radius 2 is 2.29 bits per heavy atom. The standard InChI is InChI=1S/C10H19N3S/c1-4-5-13-9(12)8-7(11)6-10(2,3)14-8/h11,13H,4-6,12H2,1-3H3/b9-8-,11-7?. The maximum absolute atomic E-state index is 7.83. The fraction of sp³-hybridized carbons (Fsp3) is 0.700. The van der Waals surface area contributed by atoms with E-state index in [0.29, 0.717) is 11.5 Å². The molecule has 0 bridgehead atoms. The second-order valence-electron chi connectivity index (χ2n) is 4.19. The molecule has 0 saturated carbocycles. The molecule has 1 saturated heterocycles. The molecule has 80 valence electrons. The molecule has 1 heterocycles. The van der Waals surface area contributed by atoms with Crippen LogP contribution in [-0.4, -0.2) is 17.0 Å². The van der Waals surface area contributed by atoms with Crippen LogP contribution in [0.15, 0.2) is 10.7 Å². The number of allylic oxidation sites excluding steroid dienone is 1. The van der Waals surface area contributed by atoms with Gasteiger partial charge in [0.05, 0.1) is 4.91 Å². The van der Waals surface area contributed by atoms with Gasteiger partial charge in [0.15, 0.2) is 0 Å². The molecule has 1 aliphatic heterocycles. The van der Waals surface area contributed by atoms with Crippen molar-refractivity contribution in [1.29, 1.82) is 5.41 Å². The smallest absolute Gasteiger partial charge is 0.112 e. The van der Waals surface area contributed by atoms with Gasteiger partial charge in [-0.15, -0.1) is 11.8 Å². The van der Waals surface area contributed by atoms with Crippen molar-refractivity contribution in [3.05, 3.63) is 10.7 Å². The molecule has 0 unspecified atom stereocenters. The number of nitrogens with one attached hydrogen (secondary N) is 2. The Hall–Kier alpha value is -0.640. The van der Waals surface area contributed by atoms with Crippen LogP contribution < -0.4 is 11.1 Å². The van der Waals surface area contributed by atoms with Crippen LogP contribution in [0, 0.1) is 5.41 Å². The summed E-state index contributed by atoms with van der Waals surface area (Å²) in [6, 6.07) is 0. The van der Waals surface area contributed by atoms with Gasteiger partial charge < -0.3 is 16.5 Å². The summed E-state index contributed by atoms with van der Waals surface area (Å²) in [7, 11) is 0. The van der Waals surface area contributed by atoms with E-state index < -0.39 is 0 Å². The monoisotopic (exact) mass is 213 g/mol. The Morgan fingerprint density at radius 1 is 1.64 bits per heavy atom. The normalized spacial score (nSPS) is 23.8. The number of thioether (sulfide) groups is 1. The van der Waals surface area contributed by atoms with Gasteiger partial charge in [-0.2, -0.15) is 0 Å². The quantitative estimate of drug-likeness (QED) is 0.672. The SMILES string of the molecule is CCCN/C(N)=C1\SC(C)(C)CC1=N. The summed E-state index contributed by atoms with van der Waals surface area (Å²) in [5, 5.41) is 11.0. The Balaban J connectivity index is 2.72. The molecule has 0 atom stereocenters. The number of hydrogen-bond donors (Lipinski definition) is 3. The van der Waals surface area contributed by atoms with Crippen molar-refractivity contribution in [1.82, 2.24) is 5.32 Å². The number of nitrogens with two attached hydrogens (primary N) is 1. The van der Waals surface area contributed by atoms with Gasteiger partial charge >= 0.3 is 0 Å². The summed E-state index contributed by atoms with van der Waals surface area (Å²) in [4.78, 5) is 0.934. The van der Waals surface area contributed by atoms with Crippen molar-refractivity contribution in [2.45, 2.75) is 38.4 Å². The molecular formula is C10H19N3S. The molecule has 14 heavy (non-hydrogen) atoms. The predicted molar refractivity (Wildman–Crippen MR) is 63.5 cm³/mol. The lowest BCUT2D eigenvalue weighted by molar-refractivity contribution is 0.759. The molecule has 0 aromatic heterocycles. The predicted octanol–water partition coefficient (Wildman–Crippen LogP) is 2.05. The highest BCUT2D eigenvalue weighted by molar-refractivity contribution is 8.05. The van der Waals surface area contributed by atoms with Crippen LogP contribution in [0.5, 0.6) is 0 Å². The Kier molecular flexibility index (Phi) is 3.48. The third-order valence-corrected chi connectivity index (χ3v) is 3.43. The van der Waals surface area contributed by atoms with E-state index in [0.717, 1.165) is 24.3 Å². The molecule has 0 aromatic rings. The third kappa shape index (κ3) is 2.67. The minimum atomic E-state index is 0.130. The molecule has 4 N–H and O–H groups in total. The Labute approximate surface area is 90.0 Å². The minimum absolute atomic E-state index is 0.130. The molecule has 1 fully saturated rings. The van der Waals surface area contributed by atoms with Crippen LogP contribution in [0.1, 0.15) is 33.6 Å². The van der Waals surface area contributed by atoms with Gasteiger partial charge in [0.2, 0.25) is 0 Å². The van der Waals surface area contributed by atoms with E-state index in [2.05, 4.69) is 26.1 Å². The van der Waals surface area contributed by atoms with Crippen LogP contribution >= 0.6 is 11.8 Å². The van der Waals surface area contributed by atoms with Crippen molar-refractivity contribution in [3.8, 4) is 0 Å². The van der Waals surface area contributed by atoms with E-state index >= 15 is 0 Å². The maximum atomic E-state index is 7.83. The van der Waals surface area contributed by atoms with Crippen molar-refractivity contribution < 1.29 is 0 Å². The number of hydrogen-bond acceptors (Lipinski definition) is 4. The second kappa shape index (κ2) is 4.26. The summed E-state index contributed by atoms with van der Waals surface area (Å²) in [5.41, 5.74) is 6.55. The highest BCUT2D eigenvalue weighted by Crippen LogP contribution is 2.43. The lowest BCUT2D eigenvalue weighted by Crippen LogP contribution is -2.23. The van der Waals surface area contributed by atoms with Crippen molar-refractivity contribution in [2.24, 2.45) is 5.73 Å². The molecule has 0 aliphatic carbocycles. The van der Waals surface area contributed by atoms with Gasteiger partial charge in [-0.1, -0.05) is 6.92 Å². The number of rotatable bonds is 3. The van der Waals surface area contributed by atoms with Gasteiger partial charge in [0.25, 0.3) is 0 Å². The van der Waals surface area contributed by atoms with Gasteiger partial charge in [-0.25, -0.2) is 0 Å². The molecule has 0 aromatic carbocycles. The van der Waals surface area contributed by atoms with Crippen LogP contribution in [0.3, 0.4) is 0 Å². The highest BCUT2D eigenvalue weighted by atomic mass is 32.2. The molecular weight excluding hydrogens is 194 g/mol. The molecule has 3 nitrogen and oxygen atoms in total. The van der Waals surface area contributed by atoms with Gasteiger partial charge in [-0.3, -0.25) is 0 Å². The van der Waals surface area contributed by atoms with Gasteiger partial charge in [-0.05, 0) is 20.3 Å². The Morgan fingerprint density at radius 3 is 2.71 bits per heavy atom. The van der Waals surface area contributed by atoms with E-state index in [1.165, 1.54) is 0 Å². The zero-order valence-electron chi connectivity index (χ0n) is 9.11. The summed E-state index contributed by atoms with van der Waals surface area (Å²) >= 11 is 1.70. The third-order valence-electron chi connectivity index (χ3n) is 2.07. The van der Waals surface area contributed by atoms with E-state index in [9.17, 15) is 0 Å². The summed E-state index contributed by atoms with van der Waals surface area (Å²) in [6.07, 6.45) is 1.86. The maximum Gasteiger partial charge on any atom is 0.112 e. The van der Waals surface area contributed by atoms with Gasteiger partial charge in [0, 0.05) is 23.4 Å². The molecule has 0 spiro atoms. The first-order chi connectivity index (χ1) is 6.46. The average Bonchev–Trinajstić information content (AvgIpc) is 2.35. The molecule has 0 radical (unpaired) electrons. The van der Waals surface area contributed by atoms with E-state index in [1.807, 2.05) is 0 Å². The second-order valence-corrected chi connectivity index (χ2v) is 5.90. The Bertz CT molecular complexity index is 269. The van der Waals surface area contributed by atoms with E-state index in [-0.39, 0.29) is 4.75 Å². The fourth-order valence-electron chi connectivity index (χ4n) is 1.44. The fourth-order valence-corrected chi connectivity index (χ4v) is 2.58. The summed E-state index contributed by atoms with van der Waals surface area (Å²) in [6.45, 7) is 7.27. The molecule has 1 rings (SSSR count). The lowest BCUT2D eigenvalue weighted by Gasteiger charge is -2.13. The molecule has 4 heteroatoms. The largest absolute Gasteiger partial charge is 0.385 e. The average molecular weight is 213 g/mol. The zero-order chi connectivity index (χ0) is 10.8. The van der Waals surface area contributed by atoms with Crippen LogP contribution in [0.25, 0.3) is 0 Å². The first kappa shape index (κ1) is 11.4. The van der Waals surface area contributed by atoms with E-state index in [1.54, 1.807) is 11.8 Å². The topological polar surface area (TPSA) is 61.9 Å². The lowest BCUT2D eigenvalue weighted by atomic mass is 10.1. The van der Waals surface area contributed by atoms with E-state index in [4.69, 9.17) is 11.1 Å². The van der Waals surface area contributed by atoms with Crippen molar-refractivity contribution in [2.75, 3.05) is 6.54 Å². The minimum Gasteiger partial charge on any atom is -0.385 e. The summed E-state index contributed by atoms with van der Waals surface area (Å²) in [5.74, 6) is 0.674. The summed E-state index contributed by atoms with van der Waals surface area (Å²) < 4.78 is 0.130. The molecule has 1 aliphatic rings. The highest BCUT2D eigenvalue weighted by Gasteiger charge is 2.33. The van der Waals surface area contributed by atoms with Gasteiger partial charge in [0.1, 0.15) is 5.82 Å². The zero-order valence-corrected chi connectivity index (χ0v) is 9.92. The first-order valence-corrected chi connectivity index (χ1v) is 5.78. The first-order valence-electron chi connectivity index (χ1n) is 4.96. The molecule has 0 amide bonds. The van der Waals surface area contributed by atoms with Crippen LogP contribution in [0.4, 0.5) is 0 Å². The van der Waals surface area contributed by atoms with Crippen molar-refractivity contribution in [3.63, 3.8) is 0 Å². The van der Waals surface area contributed by atoms with Crippen LogP contribution in [-0.2, 0) is 0 Å². The van der Waals surface area contributed by atoms with Crippen molar-refractivity contribution >= 4 is 17.5 Å².